The number of esters is 1. The fourth-order valence-electron chi connectivity index (χ4n) is 2.24. The van der Waals surface area contributed by atoms with E-state index >= 15 is 0 Å². The van der Waals surface area contributed by atoms with Crippen LogP contribution in [0.2, 0.25) is 5.02 Å². The van der Waals surface area contributed by atoms with Crippen LogP contribution in [-0.4, -0.2) is 21.7 Å². The SMILES string of the molecule is O=C1OC(c2ccc(Cl)c([N+](=O)[O-])c2)=NC1=Cc1ccccc1[N+](=O)[O-]. The maximum atomic E-state index is 12.0. The Morgan fingerprint density at radius 2 is 1.73 bits per heavy atom. The number of benzene rings is 2. The van der Waals surface area contributed by atoms with Crippen molar-refractivity contribution in [2.75, 3.05) is 0 Å². The first kappa shape index (κ1) is 17.2. The number of hydrogen-bond acceptors (Lipinski definition) is 7. The van der Waals surface area contributed by atoms with Gasteiger partial charge < -0.3 is 4.74 Å². The number of carbonyl (C=O) groups is 1. The van der Waals surface area contributed by atoms with E-state index in [4.69, 9.17) is 16.3 Å². The Balaban J connectivity index is 2.02. The highest BCUT2D eigenvalue weighted by Gasteiger charge is 2.27. The van der Waals surface area contributed by atoms with Crippen molar-refractivity contribution in [2.45, 2.75) is 0 Å². The first-order valence-electron chi connectivity index (χ1n) is 7.07. The van der Waals surface area contributed by atoms with E-state index in [2.05, 4.69) is 4.99 Å². The van der Waals surface area contributed by atoms with Crippen LogP contribution >= 0.6 is 11.6 Å². The number of rotatable bonds is 4. The summed E-state index contributed by atoms with van der Waals surface area (Å²) in [4.78, 5) is 36.7. The summed E-state index contributed by atoms with van der Waals surface area (Å²) in [6.07, 6.45) is 1.22. The number of aliphatic imine (C=N–C) groups is 1. The number of para-hydroxylation sites is 1. The Kier molecular flexibility index (Phi) is 4.46. The molecule has 2 aromatic rings. The van der Waals surface area contributed by atoms with Crippen molar-refractivity contribution in [3.05, 3.63) is 84.5 Å². The maximum Gasteiger partial charge on any atom is 0.363 e. The van der Waals surface area contributed by atoms with Crippen molar-refractivity contribution in [1.29, 1.82) is 0 Å². The molecule has 0 atom stereocenters. The van der Waals surface area contributed by atoms with Gasteiger partial charge in [0.05, 0.1) is 15.4 Å². The zero-order valence-electron chi connectivity index (χ0n) is 12.8. The molecule has 130 valence electrons. The quantitative estimate of drug-likeness (QED) is 0.349. The van der Waals surface area contributed by atoms with Crippen LogP contribution in [0.5, 0.6) is 0 Å². The van der Waals surface area contributed by atoms with E-state index in [9.17, 15) is 25.0 Å². The second-order valence-electron chi connectivity index (χ2n) is 5.08. The third-order valence-corrected chi connectivity index (χ3v) is 3.76. The van der Waals surface area contributed by atoms with Crippen molar-refractivity contribution in [3.63, 3.8) is 0 Å². The normalized spacial score (nSPS) is 14.9. The molecular weight excluding hydrogens is 366 g/mol. The largest absolute Gasteiger partial charge is 0.402 e. The fraction of sp³-hybridized carbons (Fsp3) is 0. The number of nitro benzene ring substituents is 2. The maximum absolute atomic E-state index is 12.0. The zero-order valence-corrected chi connectivity index (χ0v) is 13.5. The van der Waals surface area contributed by atoms with Gasteiger partial charge in [-0.15, -0.1) is 0 Å². The van der Waals surface area contributed by atoms with Gasteiger partial charge in [0.2, 0.25) is 5.90 Å². The zero-order chi connectivity index (χ0) is 18.8. The van der Waals surface area contributed by atoms with E-state index in [1.165, 1.54) is 36.4 Å². The average molecular weight is 374 g/mol. The van der Waals surface area contributed by atoms with Crippen molar-refractivity contribution < 1.29 is 19.4 Å². The van der Waals surface area contributed by atoms with Crippen molar-refractivity contribution >= 4 is 40.9 Å². The lowest BCUT2D eigenvalue weighted by Gasteiger charge is -2.00. The summed E-state index contributed by atoms with van der Waals surface area (Å²) in [5.74, 6) is -0.977. The highest BCUT2D eigenvalue weighted by atomic mass is 35.5. The van der Waals surface area contributed by atoms with Crippen LogP contribution in [0.3, 0.4) is 0 Å². The number of nitro groups is 2. The number of ether oxygens (including phenoxy) is 1. The van der Waals surface area contributed by atoms with Crippen LogP contribution in [0.15, 0.2) is 53.2 Å². The molecule has 0 saturated carbocycles. The standard InChI is InChI=1S/C16H8ClN3O6/c17-11-6-5-10(8-14(11)20(24)25)15-18-12(16(21)26-15)7-9-3-1-2-4-13(9)19(22)23/h1-8H. The summed E-state index contributed by atoms with van der Waals surface area (Å²) in [5.41, 5.74) is -0.360. The predicted molar refractivity (Wildman–Crippen MR) is 91.8 cm³/mol. The number of carbonyl (C=O) groups excluding carboxylic acids is 1. The number of nitrogens with zero attached hydrogens (tertiary/aromatic N) is 3. The number of hydrogen-bond donors (Lipinski definition) is 0. The highest BCUT2D eigenvalue weighted by molar-refractivity contribution is 6.32. The summed E-state index contributed by atoms with van der Waals surface area (Å²) >= 11 is 5.75. The molecule has 1 heterocycles. The molecule has 0 bridgehead atoms. The summed E-state index contributed by atoms with van der Waals surface area (Å²) in [6.45, 7) is 0. The van der Waals surface area contributed by atoms with Gasteiger partial charge in [-0.3, -0.25) is 20.2 Å². The minimum absolute atomic E-state index is 0.0700. The lowest BCUT2D eigenvalue weighted by Crippen LogP contribution is -2.06. The first-order valence-corrected chi connectivity index (χ1v) is 7.45. The van der Waals surface area contributed by atoms with Crippen molar-refractivity contribution in [2.24, 2.45) is 4.99 Å². The van der Waals surface area contributed by atoms with E-state index in [-0.39, 0.29) is 39.1 Å². The van der Waals surface area contributed by atoms with Gasteiger partial charge in [0.1, 0.15) is 5.02 Å². The molecule has 9 nitrogen and oxygen atoms in total. The van der Waals surface area contributed by atoms with Crippen LogP contribution in [-0.2, 0) is 9.53 Å². The Morgan fingerprint density at radius 1 is 1.04 bits per heavy atom. The third-order valence-electron chi connectivity index (χ3n) is 3.44. The average Bonchev–Trinajstić information content (AvgIpc) is 2.96. The van der Waals surface area contributed by atoms with E-state index in [1.54, 1.807) is 6.07 Å². The molecule has 0 radical (unpaired) electrons. The first-order chi connectivity index (χ1) is 12.4. The molecule has 10 heteroatoms. The molecule has 0 aromatic heterocycles. The molecule has 3 rings (SSSR count). The van der Waals surface area contributed by atoms with Crippen LogP contribution in [0.4, 0.5) is 11.4 Å². The minimum Gasteiger partial charge on any atom is -0.402 e. The summed E-state index contributed by atoms with van der Waals surface area (Å²) in [5, 5.41) is 21.9. The molecule has 2 aromatic carbocycles. The Labute approximate surface area is 150 Å². The lowest BCUT2D eigenvalue weighted by atomic mass is 10.1. The molecule has 0 N–H and O–H groups in total. The van der Waals surface area contributed by atoms with Crippen LogP contribution in [0.1, 0.15) is 11.1 Å². The smallest absolute Gasteiger partial charge is 0.363 e. The molecular formula is C16H8ClN3O6. The van der Waals surface area contributed by atoms with Gasteiger partial charge in [-0.2, -0.15) is 0 Å². The van der Waals surface area contributed by atoms with E-state index in [1.807, 2.05) is 0 Å². The van der Waals surface area contributed by atoms with Gasteiger partial charge >= 0.3 is 5.97 Å². The third kappa shape index (κ3) is 3.28. The van der Waals surface area contributed by atoms with Gasteiger partial charge in [-0.1, -0.05) is 23.7 Å². The molecule has 0 unspecified atom stereocenters. The molecule has 26 heavy (non-hydrogen) atoms. The predicted octanol–water partition coefficient (Wildman–Crippen LogP) is 3.50. The summed E-state index contributed by atoms with van der Waals surface area (Å²) in [7, 11) is 0. The Bertz CT molecular complexity index is 1010. The van der Waals surface area contributed by atoms with E-state index in [0.29, 0.717) is 0 Å². The Hall–Kier alpha value is -3.59. The lowest BCUT2D eigenvalue weighted by molar-refractivity contribution is -0.385. The molecule has 0 saturated heterocycles. The topological polar surface area (TPSA) is 125 Å². The fourth-order valence-corrected chi connectivity index (χ4v) is 2.43. The van der Waals surface area contributed by atoms with Gasteiger partial charge in [0.25, 0.3) is 11.4 Å². The van der Waals surface area contributed by atoms with Crippen molar-refractivity contribution in [1.82, 2.24) is 0 Å². The molecule has 0 amide bonds. The number of halogens is 1. The van der Waals surface area contributed by atoms with Gasteiger partial charge in [-0.05, 0) is 24.3 Å². The molecule has 0 spiro atoms. The van der Waals surface area contributed by atoms with Crippen LogP contribution in [0, 0.1) is 20.2 Å². The second kappa shape index (κ2) is 6.73. The van der Waals surface area contributed by atoms with Gasteiger partial charge in [0, 0.05) is 17.7 Å². The second-order valence-corrected chi connectivity index (χ2v) is 5.48. The number of cyclic esters (lactones) is 1. The van der Waals surface area contributed by atoms with E-state index in [0.717, 1.165) is 6.07 Å². The van der Waals surface area contributed by atoms with Crippen LogP contribution < -0.4 is 0 Å². The molecule has 1 aliphatic heterocycles. The Morgan fingerprint density at radius 3 is 2.42 bits per heavy atom. The highest BCUT2D eigenvalue weighted by Crippen LogP contribution is 2.28. The summed E-state index contributed by atoms with van der Waals surface area (Å²) in [6, 6.07) is 9.65. The van der Waals surface area contributed by atoms with Crippen LogP contribution in [0.25, 0.3) is 6.08 Å². The molecule has 0 fully saturated rings. The summed E-state index contributed by atoms with van der Waals surface area (Å²) < 4.78 is 5.01. The minimum atomic E-state index is -0.823. The van der Waals surface area contributed by atoms with Crippen molar-refractivity contribution in [3.8, 4) is 0 Å². The van der Waals surface area contributed by atoms with E-state index < -0.39 is 15.8 Å². The molecule has 1 aliphatic rings. The monoisotopic (exact) mass is 373 g/mol. The molecule has 0 aliphatic carbocycles. The van der Waals surface area contributed by atoms with Gasteiger partial charge in [0.15, 0.2) is 5.70 Å². The van der Waals surface area contributed by atoms with Gasteiger partial charge in [-0.25, -0.2) is 9.79 Å².